The predicted molar refractivity (Wildman–Crippen MR) is 114 cm³/mol. The van der Waals surface area contributed by atoms with Gasteiger partial charge >= 0.3 is 0 Å². The molecule has 29 heavy (non-hydrogen) atoms. The number of hydrogen-bond donors (Lipinski definition) is 2. The minimum Gasteiger partial charge on any atom is -0.353 e. The van der Waals surface area contributed by atoms with E-state index in [1.165, 1.54) is 41.3 Å². The van der Waals surface area contributed by atoms with E-state index < -0.39 is 11.7 Å². The van der Waals surface area contributed by atoms with E-state index in [9.17, 15) is 14.0 Å². The Balaban J connectivity index is 1.54. The van der Waals surface area contributed by atoms with E-state index in [2.05, 4.69) is 15.6 Å². The molecule has 0 spiro atoms. The second-order valence-electron chi connectivity index (χ2n) is 6.62. The Labute approximate surface area is 175 Å². The maximum atomic E-state index is 13.5. The fourth-order valence-electron chi connectivity index (χ4n) is 2.67. The number of carbonyl (C=O) groups is 2. The van der Waals surface area contributed by atoms with Crippen LogP contribution in [0.15, 0.2) is 58.9 Å². The molecule has 3 aromatic rings. The van der Waals surface area contributed by atoms with Gasteiger partial charge in [0.2, 0.25) is 5.91 Å². The number of nitrogens with zero attached hydrogens (tertiary/aromatic N) is 1. The normalized spacial score (nSPS) is 13.1. The van der Waals surface area contributed by atoms with Crippen LogP contribution < -0.4 is 10.6 Å². The quantitative estimate of drug-likeness (QED) is 0.542. The van der Waals surface area contributed by atoms with Crippen LogP contribution in [0, 0.1) is 5.82 Å². The predicted octanol–water partition coefficient (Wildman–Crippen LogP) is 4.57. The lowest BCUT2D eigenvalue weighted by atomic mass is 10.1. The Kier molecular flexibility index (Phi) is 5.92. The third kappa shape index (κ3) is 5.21. The molecule has 1 heterocycles. The minimum absolute atomic E-state index is 0.0145. The summed E-state index contributed by atoms with van der Waals surface area (Å²) in [4.78, 5) is 29.2. The van der Waals surface area contributed by atoms with Gasteiger partial charge in [-0.05, 0) is 31.0 Å². The summed E-state index contributed by atoms with van der Waals surface area (Å²) in [5, 5.41) is 6.35. The zero-order valence-corrected chi connectivity index (χ0v) is 17.0. The lowest BCUT2D eigenvalue weighted by Gasteiger charge is -2.05. The van der Waals surface area contributed by atoms with Crippen molar-refractivity contribution in [2.45, 2.75) is 23.2 Å². The summed E-state index contributed by atoms with van der Waals surface area (Å²) in [6, 6.07) is 15.3. The first-order valence-corrected chi connectivity index (χ1v) is 10.9. The summed E-state index contributed by atoms with van der Waals surface area (Å²) in [6.45, 7) is 0. The topological polar surface area (TPSA) is 71.1 Å². The number of carbonyl (C=O) groups excluding carboxylic acids is 2. The number of rotatable bonds is 7. The van der Waals surface area contributed by atoms with Crippen LogP contribution in [0.3, 0.4) is 0 Å². The second-order valence-corrected chi connectivity index (χ2v) is 8.84. The van der Waals surface area contributed by atoms with E-state index in [1.807, 2.05) is 30.3 Å². The zero-order valence-electron chi connectivity index (χ0n) is 15.4. The molecular formula is C21H18FN3O2S2. The van der Waals surface area contributed by atoms with Crippen molar-refractivity contribution in [2.75, 3.05) is 11.1 Å². The maximum Gasteiger partial charge on any atom is 0.256 e. The number of hydrogen-bond acceptors (Lipinski definition) is 5. The summed E-state index contributed by atoms with van der Waals surface area (Å²) >= 11 is 2.64. The van der Waals surface area contributed by atoms with E-state index >= 15 is 0 Å². The molecule has 1 aromatic heterocycles. The van der Waals surface area contributed by atoms with Crippen LogP contribution in [0.4, 0.5) is 9.39 Å². The molecule has 0 saturated heterocycles. The number of anilines is 1. The van der Waals surface area contributed by atoms with Gasteiger partial charge in [0.25, 0.3) is 5.91 Å². The van der Waals surface area contributed by atoms with Crippen molar-refractivity contribution >= 4 is 39.9 Å². The number of halogens is 1. The summed E-state index contributed by atoms with van der Waals surface area (Å²) in [5.41, 5.74) is 1.72. The smallest absolute Gasteiger partial charge is 0.256 e. The van der Waals surface area contributed by atoms with Gasteiger partial charge in [-0.15, -0.1) is 0 Å². The molecule has 1 aliphatic carbocycles. The molecule has 2 amide bonds. The van der Waals surface area contributed by atoms with Crippen molar-refractivity contribution in [2.24, 2.45) is 0 Å². The standard InChI is InChI=1S/C21H18FN3O2S2/c22-15-8-4-7-14(11-15)19(27)25-20-18(13-5-2-1-3-6-13)24-21(29-20)28-12-17(26)23-16-9-10-16/h1-8,11,16H,9-10,12H2,(H,23,26)(H,25,27). The molecule has 0 unspecified atom stereocenters. The van der Waals surface area contributed by atoms with Gasteiger partial charge in [0, 0.05) is 17.2 Å². The lowest BCUT2D eigenvalue weighted by Crippen LogP contribution is -2.26. The molecule has 8 heteroatoms. The average molecular weight is 428 g/mol. The van der Waals surface area contributed by atoms with E-state index in [0.29, 0.717) is 21.1 Å². The molecule has 0 atom stereocenters. The molecular weight excluding hydrogens is 409 g/mol. The fraction of sp³-hybridized carbons (Fsp3) is 0.190. The molecule has 0 radical (unpaired) electrons. The van der Waals surface area contributed by atoms with Crippen molar-refractivity contribution in [3.05, 3.63) is 66.0 Å². The summed E-state index contributed by atoms with van der Waals surface area (Å²) < 4.78 is 14.1. The van der Waals surface area contributed by atoms with Gasteiger partial charge in [-0.3, -0.25) is 9.59 Å². The van der Waals surface area contributed by atoms with Crippen molar-refractivity contribution in [3.63, 3.8) is 0 Å². The molecule has 0 aliphatic heterocycles. The van der Waals surface area contributed by atoms with Crippen LogP contribution in [-0.2, 0) is 4.79 Å². The Hall–Kier alpha value is -2.71. The van der Waals surface area contributed by atoms with E-state index in [1.54, 1.807) is 6.07 Å². The monoisotopic (exact) mass is 427 g/mol. The first-order valence-electron chi connectivity index (χ1n) is 9.14. The molecule has 148 valence electrons. The Bertz CT molecular complexity index is 1040. The molecule has 5 nitrogen and oxygen atoms in total. The third-order valence-electron chi connectivity index (χ3n) is 4.24. The lowest BCUT2D eigenvalue weighted by molar-refractivity contribution is -0.118. The Morgan fingerprint density at radius 2 is 1.93 bits per heavy atom. The van der Waals surface area contributed by atoms with Crippen molar-refractivity contribution in [1.29, 1.82) is 0 Å². The third-order valence-corrected chi connectivity index (χ3v) is 6.35. The highest BCUT2D eigenvalue weighted by molar-refractivity contribution is 8.01. The number of benzene rings is 2. The number of amides is 2. The van der Waals surface area contributed by atoms with Gasteiger partial charge in [0.1, 0.15) is 16.5 Å². The van der Waals surface area contributed by atoms with Crippen LogP contribution in [-0.4, -0.2) is 28.6 Å². The maximum absolute atomic E-state index is 13.5. The highest BCUT2D eigenvalue weighted by Gasteiger charge is 2.23. The number of aromatic nitrogens is 1. The molecule has 2 aromatic carbocycles. The second kappa shape index (κ2) is 8.75. The van der Waals surface area contributed by atoms with Gasteiger partial charge in [-0.1, -0.05) is 59.5 Å². The van der Waals surface area contributed by atoms with Crippen LogP contribution in [0.5, 0.6) is 0 Å². The SMILES string of the molecule is O=C(CSc1nc(-c2ccccc2)c(NC(=O)c2cccc(F)c2)s1)NC1CC1. The number of thiazole rings is 1. The highest BCUT2D eigenvalue weighted by atomic mass is 32.2. The van der Waals surface area contributed by atoms with Crippen molar-refractivity contribution in [1.82, 2.24) is 10.3 Å². The molecule has 0 bridgehead atoms. The fourth-order valence-corrected chi connectivity index (χ4v) is 4.54. The first-order chi connectivity index (χ1) is 14.1. The summed E-state index contributed by atoms with van der Waals surface area (Å²) in [5.74, 6) is -0.619. The Morgan fingerprint density at radius 1 is 1.14 bits per heavy atom. The number of nitrogens with one attached hydrogen (secondary N) is 2. The molecule has 2 N–H and O–H groups in total. The minimum atomic E-state index is -0.469. The van der Waals surface area contributed by atoms with Crippen LogP contribution >= 0.6 is 23.1 Å². The van der Waals surface area contributed by atoms with E-state index in [-0.39, 0.29) is 17.2 Å². The van der Waals surface area contributed by atoms with Gasteiger partial charge in [-0.2, -0.15) is 0 Å². The molecule has 4 rings (SSSR count). The Morgan fingerprint density at radius 3 is 2.66 bits per heavy atom. The van der Waals surface area contributed by atoms with Crippen LogP contribution in [0.1, 0.15) is 23.2 Å². The summed E-state index contributed by atoms with van der Waals surface area (Å²) in [7, 11) is 0. The molecule has 1 aliphatic rings. The highest BCUT2D eigenvalue weighted by Crippen LogP contribution is 2.37. The zero-order chi connectivity index (χ0) is 20.2. The number of thioether (sulfide) groups is 1. The largest absolute Gasteiger partial charge is 0.353 e. The van der Waals surface area contributed by atoms with Crippen LogP contribution in [0.25, 0.3) is 11.3 Å². The van der Waals surface area contributed by atoms with Gasteiger partial charge in [-0.25, -0.2) is 9.37 Å². The molecule has 1 saturated carbocycles. The van der Waals surface area contributed by atoms with Gasteiger partial charge in [0.15, 0.2) is 4.34 Å². The van der Waals surface area contributed by atoms with E-state index in [0.717, 1.165) is 18.4 Å². The molecule has 1 fully saturated rings. The first kappa shape index (κ1) is 19.6. The van der Waals surface area contributed by atoms with Gasteiger partial charge < -0.3 is 10.6 Å². The van der Waals surface area contributed by atoms with Crippen molar-refractivity contribution < 1.29 is 14.0 Å². The van der Waals surface area contributed by atoms with Crippen LogP contribution in [0.2, 0.25) is 0 Å². The summed E-state index contributed by atoms with van der Waals surface area (Å²) in [6.07, 6.45) is 2.09. The van der Waals surface area contributed by atoms with Gasteiger partial charge in [0.05, 0.1) is 5.75 Å². The average Bonchev–Trinajstić information content (AvgIpc) is 3.45. The van der Waals surface area contributed by atoms with Crippen molar-refractivity contribution in [3.8, 4) is 11.3 Å². The van der Waals surface area contributed by atoms with E-state index in [4.69, 9.17) is 0 Å².